The van der Waals surface area contributed by atoms with E-state index in [9.17, 15) is 20.2 Å². The van der Waals surface area contributed by atoms with Crippen LogP contribution in [-0.4, -0.2) is 23.3 Å². The number of halogens is 1. The third-order valence-electron chi connectivity index (χ3n) is 5.84. The largest absolute Gasteiger partial charge is 0.366 e. The molecule has 1 fully saturated rings. The maximum atomic E-state index is 13.5. The van der Waals surface area contributed by atoms with Gasteiger partial charge in [0.2, 0.25) is 0 Å². The summed E-state index contributed by atoms with van der Waals surface area (Å²) >= 11 is 5.95. The van der Waals surface area contributed by atoms with E-state index >= 15 is 0 Å². The monoisotopic (exact) mass is 395 g/mol. The smallest absolute Gasteiger partial charge is 0.269 e. The summed E-state index contributed by atoms with van der Waals surface area (Å²) < 4.78 is 0. The van der Waals surface area contributed by atoms with Crippen molar-refractivity contribution in [3.63, 3.8) is 0 Å². The predicted octanol–water partition coefficient (Wildman–Crippen LogP) is 4.56. The Labute approximate surface area is 167 Å². The zero-order chi connectivity index (χ0) is 19.9. The van der Waals surface area contributed by atoms with Crippen LogP contribution in [0.4, 0.5) is 11.4 Å². The van der Waals surface area contributed by atoms with Gasteiger partial charge in [-0.05, 0) is 55.2 Å². The lowest BCUT2D eigenvalue weighted by molar-refractivity contribution is -0.384. The molecule has 0 aliphatic carbocycles. The summed E-state index contributed by atoms with van der Waals surface area (Å²) in [6, 6.07) is 13.4. The number of carbonyl (C=O) groups is 1. The number of piperidine rings is 1. The van der Waals surface area contributed by atoms with E-state index in [4.69, 9.17) is 11.6 Å². The Kier molecular flexibility index (Phi) is 4.56. The fourth-order valence-corrected chi connectivity index (χ4v) is 4.64. The molecule has 28 heavy (non-hydrogen) atoms. The second-order valence-corrected chi connectivity index (χ2v) is 7.81. The van der Waals surface area contributed by atoms with E-state index in [0.29, 0.717) is 16.1 Å². The van der Waals surface area contributed by atoms with Crippen molar-refractivity contribution in [1.29, 1.82) is 5.26 Å². The van der Waals surface area contributed by atoms with Gasteiger partial charge in [-0.2, -0.15) is 5.26 Å². The first kappa shape index (κ1) is 18.5. The molecule has 2 unspecified atom stereocenters. The van der Waals surface area contributed by atoms with Crippen molar-refractivity contribution in [1.82, 2.24) is 0 Å². The summed E-state index contributed by atoms with van der Waals surface area (Å²) in [5, 5.41) is 22.0. The Morgan fingerprint density at radius 2 is 2.00 bits per heavy atom. The third kappa shape index (κ3) is 2.83. The molecule has 0 saturated carbocycles. The number of benzene rings is 2. The second kappa shape index (κ2) is 6.92. The summed E-state index contributed by atoms with van der Waals surface area (Å²) in [4.78, 5) is 26.4. The molecule has 0 amide bonds. The number of non-ortho nitro benzene ring substituents is 1. The fourth-order valence-electron chi connectivity index (χ4n) is 4.51. The van der Waals surface area contributed by atoms with Crippen LogP contribution in [0.3, 0.4) is 0 Å². The fraction of sp³-hybridized carbons (Fsp3) is 0.333. The van der Waals surface area contributed by atoms with Gasteiger partial charge in [0, 0.05) is 41.4 Å². The minimum Gasteiger partial charge on any atom is -0.366 e. The molecule has 1 saturated heterocycles. The minimum absolute atomic E-state index is 0.0278. The highest BCUT2D eigenvalue weighted by Crippen LogP contribution is 2.47. The van der Waals surface area contributed by atoms with Crippen molar-refractivity contribution >= 4 is 28.8 Å². The summed E-state index contributed by atoms with van der Waals surface area (Å²) in [6.45, 7) is 0.729. The molecule has 2 heterocycles. The Bertz CT molecular complexity index is 999. The molecule has 0 bridgehead atoms. The van der Waals surface area contributed by atoms with Gasteiger partial charge in [0.05, 0.1) is 17.0 Å². The number of Topliss-reactive ketones (excluding diaryl/α,β-unsaturated/α-hetero) is 1. The van der Waals surface area contributed by atoms with Crippen LogP contribution in [0.5, 0.6) is 0 Å². The molecule has 2 atom stereocenters. The predicted molar refractivity (Wildman–Crippen MR) is 106 cm³/mol. The first-order valence-corrected chi connectivity index (χ1v) is 9.59. The molecule has 142 valence electrons. The molecular weight excluding hydrogens is 378 g/mol. The number of hydrogen-bond acceptors (Lipinski definition) is 5. The average Bonchev–Trinajstić information content (AvgIpc) is 2.72. The standard InChI is InChI=1S/C21H18ClN3O3/c22-16-6-4-14(5-7-16)20(26)21(13-23)12-15-11-17(25(27)28)8-9-18(15)24-10-2-1-3-19(21)24/h4-9,11,19H,1-3,10,12H2. The Morgan fingerprint density at radius 3 is 2.68 bits per heavy atom. The highest BCUT2D eigenvalue weighted by molar-refractivity contribution is 6.30. The van der Waals surface area contributed by atoms with E-state index in [1.54, 1.807) is 30.3 Å². The molecule has 0 N–H and O–H groups in total. The Morgan fingerprint density at radius 1 is 1.25 bits per heavy atom. The number of ketones is 1. The summed E-state index contributed by atoms with van der Waals surface area (Å²) in [6.07, 6.45) is 2.82. The number of fused-ring (bicyclic) bond motifs is 3. The van der Waals surface area contributed by atoms with E-state index in [1.807, 2.05) is 0 Å². The lowest BCUT2D eigenvalue weighted by Crippen LogP contribution is -2.57. The molecule has 0 aromatic heterocycles. The molecule has 0 spiro atoms. The number of rotatable bonds is 3. The van der Waals surface area contributed by atoms with Gasteiger partial charge in [0.15, 0.2) is 5.78 Å². The van der Waals surface area contributed by atoms with Crippen LogP contribution in [0, 0.1) is 26.9 Å². The first-order valence-electron chi connectivity index (χ1n) is 9.22. The van der Waals surface area contributed by atoms with Crippen LogP contribution in [0.1, 0.15) is 35.2 Å². The van der Waals surface area contributed by atoms with Crippen molar-refractivity contribution in [2.75, 3.05) is 11.4 Å². The van der Waals surface area contributed by atoms with Gasteiger partial charge < -0.3 is 4.90 Å². The minimum atomic E-state index is -1.28. The maximum Gasteiger partial charge on any atom is 0.269 e. The second-order valence-electron chi connectivity index (χ2n) is 7.37. The van der Waals surface area contributed by atoms with E-state index in [1.165, 1.54) is 12.1 Å². The van der Waals surface area contributed by atoms with Crippen molar-refractivity contribution < 1.29 is 9.72 Å². The SMILES string of the molecule is N#CC1(C(=O)c2ccc(Cl)cc2)Cc2cc([N+](=O)[O-])ccc2N2CCCCC21. The number of nitro benzene ring substituents is 1. The number of anilines is 1. The van der Waals surface area contributed by atoms with Gasteiger partial charge >= 0.3 is 0 Å². The van der Waals surface area contributed by atoms with Crippen LogP contribution >= 0.6 is 11.6 Å². The van der Waals surface area contributed by atoms with E-state index in [2.05, 4.69) is 11.0 Å². The first-order chi connectivity index (χ1) is 13.5. The molecule has 2 aliphatic heterocycles. The van der Waals surface area contributed by atoms with Crippen molar-refractivity contribution in [2.24, 2.45) is 5.41 Å². The van der Waals surface area contributed by atoms with Crippen molar-refractivity contribution in [2.45, 2.75) is 31.7 Å². The van der Waals surface area contributed by atoms with E-state index < -0.39 is 10.3 Å². The van der Waals surface area contributed by atoms with Crippen molar-refractivity contribution in [3.05, 3.63) is 68.7 Å². The number of nitro groups is 1. The van der Waals surface area contributed by atoms with Gasteiger partial charge in [0.25, 0.3) is 5.69 Å². The van der Waals surface area contributed by atoms with Gasteiger partial charge in [-0.3, -0.25) is 14.9 Å². The number of nitriles is 1. The molecule has 0 radical (unpaired) electrons. The number of hydrogen-bond donors (Lipinski definition) is 0. The average molecular weight is 396 g/mol. The highest BCUT2D eigenvalue weighted by Gasteiger charge is 2.53. The summed E-state index contributed by atoms with van der Waals surface area (Å²) in [5.41, 5.74) is 0.697. The van der Waals surface area contributed by atoms with Gasteiger partial charge in [0.1, 0.15) is 5.41 Å². The lowest BCUT2D eigenvalue weighted by Gasteiger charge is -2.49. The maximum absolute atomic E-state index is 13.5. The zero-order valence-corrected chi connectivity index (χ0v) is 15.9. The molecule has 2 aliphatic rings. The molecule has 7 heteroatoms. The Hall–Kier alpha value is -2.91. The van der Waals surface area contributed by atoms with Crippen LogP contribution in [0.15, 0.2) is 42.5 Å². The van der Waals surface area contributed by atoms with Crippen LogP contribution < -0.4 is 4.90 Å². The van der Waals surface area contributed by atoms with Gasteiger partial charge in [-0.25, -0.2) is 0 Å². The lowest BCUT2D eigenvalue weighted by atomic mass is 9.65. The Balaban J connectivity index is 1.85. The topological polar surface area (TPSA) is 87.2 Å². The van der Waals surface area contributed by atoms with Crippen LogP contribution in [-0.2, 0) is 6.42 Å². The van der Waals surface area contributed by atoms with Crippen LogP contribution in [0.25, 0.3) is 0 Å². The van der Waals surface area contributed by atoms with Gasteiger partial charge in [-0.1, -0.05) is 11.6 Å². The van der Waals surface area contributed by atoms with Crippen molar-refractivity contribution in [3.8, 4) is 6.07 Å². The van der Waals surface area contributed by atoms with E-state index in [-0.39, 0.29) is 23.9 Å². The summed E-state index contributed by atoms with van der Waals surface area (Å²) in [7, 11) is 0. The highest BCUT2D eigenvalue weighted by atomic mass is 35.5. The molecule has 4 rings (SSSR count). The number of nitrogens with zero attached hydrogens (tertiary/aromatic N) is 3. The molecule has 2 aromatic carbocycles. The quantitative estimate of drug-likeness (QED) is 0.432. The van der Waals surface area contributed by atoms with E-state index in [0.717, 1.165) is 31.5 Å². The van der Waals surface area contributed by atoms with Crippen LogP contribution in [0.2, 0.25) is 5.02 Å². The molecular formula is C21H18ClN3O3. The third-order valence-corrected chi connectivity index (χ3v) is 6.09. The zero-order valence-electron chi connectivity index (χ0n) is 15.1. The van der Waals surface area contributed by atoms with Gasteiger partial charge in [-0.15, -0.1) is 0 Å². The summed E-state index contributed by atoms with van der Waals surface area (Å²) in [5.74, 6) is -0.249. The molecule has 2 aromatic rings. The molecule has 6 nitrogen and oxygen atoms in total. The normalized spacial score (nSPS) is 23.3. The number of carbonyl (C=O) groups excluding carboxylic acids is 1.